The van der Waals surface area contributed by atoms with Crippen molar-refractivity contribution in [2.24, 2.45) is 5.92 Å². The van der Waals surface area contributed by atoms with Gasteiger partial charge >= 0.3 is 5.82 Å². The summed E-state index contributed by atoms with van der Waals surface area (Å²) < 4.78 is 0. The van der Waals surface area contributed by atoms with E-state index in [0.29, 0.717) is 13.1 Å². The third-order valence-corrected chi connectivity index (χ3v) is 3.29. The lowest BCUT2D eigenvalue weighted by Crippen LogP contribution is -2.64. The third-order valence-electron chi connectivity index (χ3n) is 3.29. The fraction of sp³-hybridized carbons (Fsp3) is 0.545. The zero-order chi connectivity index (χ0) is 12.6. The van der Waals surface area contributed by atoms with Gasteiger partial charge in [-0.25, -0.2) is 0 Å². The third kappa shape index (κ3) is 2.08. The molecule has 0 aliphatic carbocycles. The molecule has 6 nitrogen and oxygen atoms in total. The van der Waals surface area contributed by atoms with Gasteiger partial charge in [-0.3, -0.25) is 0 Å². The van der Waals surface area contributed by atoms with Crippen molar-refractivity contribution in [1.82, 2.24) is 4.98 Å². The summed E-state index contributed by atoms with van der Waals surface area (Å²) in [6, 6.07) is 3.03. The molecule has 2 heterocycles. The molecule has 0 saturated carbocycles. The van der Waals surface area contributed by atoms with Crippen LogP contribution in [0.25, 0.3) is 0 Å². The highest BCUT2D eigenvalue weighted by Crippen LogP contribution is 2.32. The Morgan fingerprint density at radius 1 is 1.53 bits per heavy atom. The summed E-state index contributed by atoms with van der Waals surface area (Å²) in [7, 11) is 0. The highest BCUT2D eigenvalue weighted by molar-refractivity contribution is 5.50. The Labute approximate surface area is 99.0 Å². The van der Waals surface area contributed by atoms with E-state index in [4.69, 9.17) is 0 Å². The van der Waals surface area contributed by atoms with Crippen LogP contribution in [0.2, 0.25) is 0 Å². The molecule has 0 unspecified atom stereocenters. The second-order valence-electron chi connectivity index (χ2n) is 4.75. The van der Waals surface area contributed by atoms with Crippen LogP contribution in [0, 0.1) is 16.0 Å². The summed E-state index contributed by atoms with van der Waals surface area (Å²) >= 11 is 0. The van der Waals surface area contributed by atoms with Crippen LogP contribution >= 0.6 is 0 Å². The number of rotatable bonds is 3. The van der Waals surface area contributed by atoms with Crippen molar-refractivity contribution in [1.29, 1.82) is 0 Å². The van der Waals surface area contributed by atoms with Gasteiger partial charge in [0, 0.05) is 19.2 Å². The van der Waals surface area contributed by atoms with Gasteiger partial charge in [0.05, 0.1) is 5.69 Å². The van der Waals surface area contributed by atoms with Crippen molar-refractivity contribution in [3.8, 4) is 0 Å². The molecule has 1 saturated heterocycles. The van der Waals surface area contributed by atoms with Gasteiger partial charge in [-0.05, 0) is 21.9 Å². The molecule has 0 aromatic carbocycles. The predicted octanol–water partition coefficient (Wildman–Crippen LogP) is 1.20. The Balaban J connectivity index is 2.04. The first-order valence-corrected chi connectivity index (χ1v) is 5.50. The molecule has 0 atom stereocenters. The van der Waals surface area contributed by atoms with E-state index in [-0.39, 0.29) is 11.7 Å². The van der Waals surface area contributed by atoms with Crippen LogP contribution in [0.1, 0.15) is 13.8 Å². The number of nitro groups is 1. The number of anilines is 1. The Morgan fingerprint density at radius 3 is 2.59 bits per heavy atom. The summed E-state index contributed by atoms with van der Waals surface area (Å²) in [4.78, 5) is 15.6. The monoisotopic (exact) mass is 237 g/mol. The molecular weight excluding hydrogens is 222 g/mol. The molecule has 0 bridgehead atoms. The number of aromatic nitrogens is 1. The molecule has 0 radical (unpaired) electrons. The first-order chi connectivity index (χ1) is 7.92. The van der Waals surface area contributed by atoms with Gasteiger partial charge < -0.3 is 20.1 Å². The van der Waals surface area contributed by atoms with Gasteiger partial charge in [0.25, 0.3) is 0 Å². The van der Waals surface area contributed by atoms with E-state index in [9.17, 15) is 15.2 Å². The average Bonchev–Trinajstić information content (AvgIpc) is 2.24. The minimum atomic E-state index is -0.651. The van der Waals surface area contributed by atoms with Crippen molar-refractivity contribution in [3.05, 3.63) is 28.4 Å². The molecule has 0 amide bonds. The van der Waals surface area contributed by atoms with Crippen molar-refractivity contribution in [2.45, 2.75) is 19.4 Å². The van der Waals surface area contributed by atoms with Crippen LogP contribution in [-0.2, 0) is 0 Å². The lowest BCUT2D eigenvalue weighted by atomic mass is 9.83. The highest BCUT2D eigenvalue weighted by Gasteiger charge is 2.44. The summed E-state index contributed by atoms with van der Waals surface area (Å²) in [6.45, 7) is 5.05. The summed E-state index contributed by atoms with van der Waals surface area (Å²) in [5.41, 5.74) is 0.155. The molecule has 92 valence electrons. The SMILES string of the molecule is CC(C)C1(O)CN(c2ccc([N+](=O)[O-])nc2)C1. The first kappa shape index (κ1) is 11.8. The Bertz CT molecular complexity index is 424. The van der Waals surface area contributed by atoms with Crippen LogP contribution < -0.4 is 4.90 Å². The number of pyridine rings is 1. The van der Waals surface area contributed by atoms with Crippen molar-refractivity contribution >= 4 is 11.5 Å². The topological polar surface area (TPSA) is 79.5 Å². The van der Waals surface area contributed by atoms with Gasteiger partial charge in [0.2, 0.25) is 0 Å². The van der Waals surface area contributed by atoms with E-state index in [2.05, 4.69) is 4.98 Å². The van der Waals surface area contributed by atoms with Crippen molar-refractivity contribution in [2.75, 3.05) is 18.0 Å². The first-order valence-electron chi connectivity index (χ1n) is 5.50. The zero-order valence-electron chi connectivity index (χ0n) is 9.83. The van der Waals surface area contributed by atoms with Gasteiger partial charge in [0.1, 0.15) is 5.60 Å². The summed E-state index contributed by atoms with van der Waals surface area (Å²) in [5.74, 6) is 0.0400. The molecule has 2 rings (SSSR count). The number of aliphatic hydroxyl groups is 1. The molecule has 1 aliphatic heterocycles. The molecule has 1 N–H and O–H groups in total. The number of hydrogen-bond donors (Lipinski definition) is 1. The molecule has 1 fully saturated rings. The van der Waals surface area contributed by atoms with Crippen molar-refractivity contribution < 1.29 is 10.0 Å². The largest absolute Gasteiger partial charge is 0.386 e. The van der Waals surface area contributed by atoms with Gasteiger partial charge in [-0.2, -0.15) is 0 Å². The van der Waals surface area contributed by atoms with E-state index < -0.39 is 10.5 Å². The molecule has 0 spiro atoms. The lowest BCUT2D eigenvalue weighted by molar-refractivity contribution is -0.389. The van der Waals surface area contributed by atoms with Gasteiger partial charge in [0.15, 0.2) is 6.20 Å². The standard InChI is InChI=1S/C11H15N3O3/c1-8(2)11(15)6-13(7-11)9-3-4-10(12-5-9)14(16)17/h3-5,8,15H,6-7H2,1-2H3. The zero-order valence-corrected chi connectivity index (χ0v) is 9.83. The minimum absolute atomic E-state index is 0.159. The van der Waals surface area contributed by atoms with E-state index in [0.717, 1.165) is 5.69 Å². The summed E-state index contributed by atoms with van der Waals surface area (Å²) in [6.07, 6.45) is 1.47. The Morgan fingerprint density at radius 2 is 2.18 bits per heavy atom. The van der Waals surface area contributed by atoms with E-state index in [1.807, 2.05) is 18.7 Å². The highest BCUT2D eigenvalue weighted by atomic mass is 16.6. The lowest BCUT2D eigenvalue weighted by Gasteiger charge is -2.49. The second-order valence-corrected chi connectivity index (χ2v) is 4.75. The molecule has 1 aliphatic rings. The maximum atomic E-state index is 10.4. The molecule has 17 heavy (non-hydrogen) atoms. The van der Waals surface area contributed by atoms with E-state index in [1.54, 1.807) is 6.07 Å². The number of nitrogens with zero attached hydrogens (tertiary/aromatic N) is 3. The van der Waals surface area contributed by atoms with Gasteiger partial charge in [-0.15, -0.1) is 0 Å². The maximum Gasteiger partial charge on any atom is 0.363 e. The smallest absolute Gasteiger partial charge is 0.363 e. The van der Waals surface area contributed by atoms with E-state index in [1.165, 1.54) is 12.3 Å². The Kier molecular flexibility index (Phi) is 2.74. The number of hydrogen-bond acceptors (Lipinski definition) is 5. The van der Waals surface area contributed by atoms with Crippen LogP contribution in [0.15, 0.2) is 18.3 Å². The molecule has 1 aromatic rings. The fourth-order valence-electron chi connectivity index (χ4n) is 1.84. The quantitative estimate of drug-likeness (QED) is 0.631. The van der Waals surface area contributed by atoms with Crippen LogP contribution in [0.3, 0.4) is 0 Å². The van der Waals surface area contributed by atoms with Crippen LogP contribution in [0.4, 0.5) is 11.5 Å². The van der Waals surface area contributed by atoms with Crippen molar-refractivity contribution in [3.63, 3.8) is 0 Å². The molecule has 6 heteroatoms. The molecule has 1 aromatic heterocycles. The van der Waals surface area contributed by atoms with Crippen LogP contribution in [-0.4, -0.2) is 33.7 Å². The van der Waals surface area contributed by atoms with Gasteiger partial charge in [-0.1, -0.05) is 13.8 Å². The summed E-state index contributed by atoms with van der Waals surface area (Å²) in [5, 5.41) is 20.5. The second kappa shape index (κ2) is 3.96. The predicted molar refractivity (Wildman–Crippen MR) is 62.9 cm³/mol. The minimum Gasteiger partial charge on any atom is -0.386 e. The fourth-order valence-corrected chi connectivity index (χ4v) is 1.84. The molecular formula is C11H15N3O3. The van der Waals surface area contributed by atoms with E-state index >= 15 is 0 Å². The van der Waals surface area contributed by atoms with Crippen LogP contribution in [0.5, 0.6) is 0 Å². The normalized spacial score (nSPS) is 18.0. The average molecular weight is 237 g/mol. The Hall–Kier alpha value is -1.69. The maximum absolute atomic E-state index is 10.4. The number of β-amino-alcohol motifs (C(OH)–C–C–N with tert-alkyl or cyclic N) is 1.